The Morgan fingerprint density at radius 3 is 1.90 bits per heavy atom. The lowest BCUT2D eigenvalue weighted by molar-refractivity contribution is 1.47. The first-order valence-corrected chi connectivity index (χ1v) is 5.64. The lowest BCUT2D eigenvalue weighted by Crippen LogP contribution is -1.69. The van der Waals surface area contributed by atoms with Crippen LogP contribution in [-0.4, -0.2) is 11.7 Å². The van der Waals surface area contributed by atoms with Gasteiger partial charge >= 0.3 is 0 Å². The van der Waals surface area contributed by atoms with E-state index in [9.17, 15) is 0 Å². The zero-order chi connectivity index (χ0) is 7.61. The Kier molecular flexibility index (Phi) is 2.07. The first kappa shape index (κ1) is 7.70. The van der Waals surface area contributed by atoms with Crippen LogP contribution in [0, 0.1) is 0 Å². The Balaban J connectivity index is 3.22. The highest BCUT2D eigenvalue weighted by molar-refractivity contribution is 8.45. The van der Waals surface area contributed by atoms with Gasteiger partial charge in [0.2, 0.25) is 0 Å². The summed E-state index contributed by atoms with van der Waals surface area (Å²) in [4.78, 5) is 1.02. The fourth-order valence-corrected chi connectivity index (χ4v) is 1.62. The van der Waals surface area contributed by atoms with Crippen molar-refractivity contribution in [1.82, 2.24) is 0 Å². The summed E-state index contributed by atoms with van der Waals surface area (Å²) in [5, 5.41) is 0. The maximum absolute atomic E-state index is 5.92. The Morgan fingerprint density at radius 1 is 1.10 bits per heavy atom. The molecule has 54 valence electrons. The fraction of sp³-hybridized carbons (Fsp3) is 0. The molecule has 0 radical (unpaired) electrons. The molecule has 2 heteroatoms. The molecule has 0 aliphatic carbocycles. The highest BCUT2D eigenvalue weighted by atomic mass is 35.7. The van der Waals surface area contributed by atoms with Gasteiger partial charge in [0, 0.05) is 4.90 Å². The zero-order valence-corrected chi connectivity index (χ0v) is 7.16. The van der Waals surface area contributed by atoms with Gasteiger partial charge in [-0.15, -0.1) is 8.42 Å². The van der Waals surface area contributed by atoms with E-state index >= 15 is 0 Å². The topological polar surface area (TPSA) is 0 Å². The van der Waals surface area contributed by atoms with Crippen molar-refractivity contribution in [1.29, 1.82) is 0 Å². The second-order valence-corrected chi connectivity index (χ2v) is 5.92. The van der Waals surface area contributed by atoms with Crippen LogP contribution in [0.3, 0.4) is 0 Å². The van der Waals surface area contributed by atoms with Crippen LogP contribution in [0.1, 0.15) is 0 Å². The summed E-state index contributed by atoms with van der Waals surface area (Å²) in [5.41, 5.74) is 0. The van der Waals surface area contributed by atoms with E-state index in [0.717, 1.165) is 4.90 Å². The molecule has 0 fully saturated rings. The molecule has 0 spiro atoms. The van der Waals surface area contributed by atoms with Crippen molar-refractivity contribution in [2.45, 2.75) is 4.90 Å². The van der Waals surface area contributed by atoms with Crippen molar-refractivity contribution in [3.05, 3.63) is 30.3 Å². The Morgan fingerprint density at radius 2 is 1.60 bits per heavy atom. The van der Waals surface area contributed by atoms with Gasteiger partial charge < -0.3 is 0 Å². The molecule has 10 heavy (non-hydrogen) atoms. The zero-order valence-electron chi connectivity index (χ0n) is 5.59. The summed E-state index contributed by atoms with van der Waals surface area (Å²) in [6.45, 7) is 0. The molecule has 0 unspecified atom stereocenters. The maximum Gasteiger partial charge on any atom is 0.00940 e. The first-order valence-electron chi connectivity index (χ1n) is 2.85. The number of rotatable bonds is 1. The monoisotopic (exact) mass is 172 g/mol. The molecule has 0 saturated heterocycles. The van der Waals surface area contributed by atoms with Crippen LogP contribution in [0.15, 0.2) is 35.2 Å². The number of benzene rings is 1. The van der Waals surface area contributed by atoms with Crippen molar-refractivity contribution in [2.75, 3.05) is 0 Å². The molecule has 0 nitrogen and oxygen atoms in total. The third-order valence-corrected chi connectivity index (χ3v) is 2.82. The van der Waals surface area contributed by atoms with Gasteiger partial charge in [0.25, 0.3) is 0 Å². The molecule has 0 amide bonds. The van der Waals surface area contributed by atoms with E-state index in [-0.39, 0.29) is 0 Å². The number of hydrogen-bond donors (Lipinski definition) is 0. The van der Waals surface area contributed by atoms with Crippen molar-refractivity contribution < 1.29 is 0 Å². The smallest absolute Gasteiger partial charge is 0.00940 e. The van der Waals surface area contributed by atoms with Crippen LogP contribution in [0.25, 0.3) is 0 Å². The van der Waals surface area contributed by atoms with Gasteiger partial charge in [0.1, 0.15) is 0 Å². The summed E-state index contributed by atoms with van der Waals surface area (Å²) < 4.78 is 0. The SMILES string of the molecule is C=S(=C)(Cl)c1ccccc1. The fourth-order valence-electron chi connectivity index (χ4n) is 0.664. The van der Waals surface area contributed by atoms with Gasteiger partial charge in [-0.2, -0.15) is 0 Å². The Bertz CT molecular complexity index is 297. The highest BCUT2D eigenvalue weighted by Gasteiger charge is 1.92. The summed E-state index contributed by atoms with van der Waals surface area (Å²) in [7, 11) is 4.39. The van der Waals surface area contributed by atoms with E-state index in [2.05, 4.69) is 11.7 Å². The summed E-state index contributed by atoms with van der Waals surface area (Å²) >= 11 is 0. The van der Waals surface area contributed by atoms with Gasteiger partial charge in [0.15, 0.2) is 0 Å². The van der Waals surface area contributed by atoms with Crippen molar-refractivity contribution in [3.63, 3.8) is 0 Å². The van der Waals surface area contributed by atoms with Gasteiger partial charge in [-0.3, -0.25) is 0 Å². The highest BCUT2D eigenvalue weighted by Crippen LogP contribution is 2.35. The normalized spacial score (nSPS) is 11.3. The van der Waals surface area contributed by atoms with Gasteiger partial charge in [0.05, 0.1) is 0 Å². The predicted molar refractivity (Wildman–Crippen MR) is 52.4 cm³/mol. The average molecular weight is 173 g/mol. The molecule has 0 aliphatic heterocycles. The van der Waals surface area contributed by atoms with E-state index in [1.807, 2.05) is 30.3 Å². The first-order chi connectivity index (χ1) is 4.61. The van der Waals surface area contributed by atoms with Gasteiger partial charge in [-0.05, 0) is 12.1 Å². The molecule has 0 N–H and O–H groups in total. The van der Waals surface area contributed by atoms with Gasteiger partial charge in [-0.1, -0.05) is 40.6 Å². The largest absolute Gasteiger partial charge is 0.108 e. The van der Waals surface area contributed by atoms with E-state index in [1.54, 1.807) is 0 Å². The van der Waals surface area contributed by atoms with Crippen LogP contribution >= 0.6 is 19.1 Å². The van der Waals surface area contributed by atoms with Crippen molar-refractivity contribution in [3.8, 4) is 0 Å². The van der Waals surface area contributed by atoms with E-state index < -0.39 is 8.42 Å². The third-order valence-electron chi connectivity index (χ3n) is 1.17. The molecule has 0 atom stereocenters. The van der Waals surface area contributed by atoms with E-state index in [1.165, 1.54) is 0 Å². The van der Waals surface area contributed by atoms with Crippen LogP contribution in [0.4, 0.5) is 0 Å². The van der Waals surface area contributed by atoms with Crippen LogP contribution in [0.5, 0.6) is 0 Å². The summed E-state index contributed by atoms with van der Waals surface area (Å²) in [5.74, 6) is 7.56. The van der Waals surface area contributed by atoms with Crippen molar-refractivity contribution in [2.24, 2.45) is 0 Å². The standard InChI is InChI=1S/C8H9ClS/c1-10(2,9)8-6-4-3-5-7-8/h3-7H,1-2H2. The number of hydrogen-bond acceptors (Lipinski definition) is 0. The summed E-state index contributed by atoms with van der Waals surface area (Å²) in [6, 6.07) is 9.72. The minimum absolute atomic E-state index is 1.02. The molecule has 1 aromatic rings. The second-order valence-electron chi connectivity index (χ2n) is 2.10. The van der Waals surface area contributed by atoms with E-state index in [4.69, 9.17) is 10.7 Å². The Labute approximate surface area is 66.4 Å². The molecule has 0 bridgehead atoms. The molecular formula is C8H9ClS. The lowest BCUT2D eigenvalue weighted by Gasteiger charge is -2.02. The van der Waals surface area contributed by atoms with Crippen LogP contribution < -0.4 is 0 Å². The Hall–Kier alpha value is -0.400. The minimum atomic E-state index is -1.53. The van der Waals surface area contributed by atoms with Gasteiger partial charge in [-0.25, -0.2) is 0 Å². The quantitative estimate of drug-likeness (QED) is 0.572. The summed E-state index contributed by atoms with van der Waals surface area (Å²) in [6.07, 6.45) is 0. The molecule has 1 aromatic carbocycles. The van der Waals surface area contributed by atoms with Crippen molar-refractivity contribution >= 4 is 30.8 Å². The second kappa shape index (κ2) is 2.69. The molecule has 0 heterocycles. The lowest BCUT2D eigenvalue weighted by atomic mass is 10.4. The molecule has 0 aliphatic rings. The third kappa shape index (κ3) is 1.79. The number of halogens is 1. The maximum atomic E-state index is 5.92. The minimum Gasteiger partial charge on any atom is -0.108 e. The molecule has 0 saturated carbocycles. The predicted octanol–water partition coefficient (Wildman–Crippen LogP) is 2.87. The van der Waals surface area contributed by atoms with Crippen LogP contribution in [0.2, 0.25) is 0 Å². The molecule has 1 rings (SSSR count). The molecular weight excluding hydrogens is 164 g/mol. The van der Waals surface area contributed by atoms with E-state index in [0.29, 0.717) is 0 Å². The molecule has 0 aromatic heterocycles. The average Bonchev–Trinajstić information content (AvgIpc) is 1.88. The van der Waals surface area contributed by atoms with Crippen LogP contribution in [-0.2, 0) is 0 Å².